The van der Waals surface area contributed by atoms with E-state index in [0.717, 1.165) is 15.8 Å². The maximum Gasteiger partial charge on any atom is 0.252 e. The van der Waals surface area contributed by atoms with Crippen LogP contribution in [-0.4, -0.2) is 43.8 Å². The molecule has 0 spiro atoms. The molecular formula is C19H21N3O4S3. The van der Waals surface area contributed by atoms with Gasteiger partial charge in [-0.2, -0.15) is 4.31 Å². The van der Waals surface area contributed by atoms with Crippen molar-refractivity contribution in [1.29, 1.82) is 0 Å². The number of carbonyl (C=O) groups excluding carboxylic acids is 1. The standard InChI is InChI=1S/C19H21N3O4S3/c1-12-5-6-14(26-2)16-17(12)28-19(20-16)21-18(23)13-7-9-22(10-8-13)29(24,25)15-4-3-11-27-15/h3-6,11,13H,7-10H2,1-2H3,(H,20,21,23). The predicted molar refractivity (Wildman–Crippen MR) is 115 cm³/mol. The average Bonchev–Trinajstić information content (AvgIpc) is 3.39. The number of piperidine rings is 1. The molecular weight excluding hydrogens is 430 g/mol. The van der Waals surface area contributed by atoms with E-state index in [0.29, 0.717) is 41.0 Å². The number of ether oxygens (including phenoxy) is 1. The first-order valence-corrected chi connectivity index (χ1v) is 12.3. The van der Waals surface area contributed by atoms with Crippen molar-refractivity contribution < 1.29 is 17.9 Å². The second-order valence-electron chi connectivity index (χ2n) is 6.88. The third kappa shape index (κ3) is 3.89. The molecule has 1 saturated heterocycles. The zero-order valence-electron chi connectivity index (χ0n) is 16.0. The fourth-order valence-corrected chi connectivity index (χ4v) is 7.00. The smallest absolute Gasteiger partial charge is 0.252 e. The van der Waals surface area contributed by atoms with Gasteiger partial charge in [0.15, 0.2) is 5.13 Å². The summed E-state index contributed by atoms with van der Waals surface area (Å²) in [6.45, 7) is 2.67. The van der Waals surface area contributed by atoms with E-state index in [1.165, 1.54) is 27.0 Å². The minimum atomic E-state index is -3.46. The number of aryl methyl sites for hydroxylation is 1. The summed E-state index contributed by atoms with van der Waals surface area (Å²) in [5.41, 5.74) is 1.82. The van der Waals surface area contributed by atoms with E-state index < -0.39 is 10.0 Å². The molecule has 0 aliphatic carbocycles. The topological polar surface area (TPSA) is 88.6 Å². The minimum Gasteiger partial charge on any atom is -0.494 e. The summed E-state index contributed by atoms with van der Waals surface area (Å²) in [5, 5.41) is 5.19. The van der Waals surface area contributed by atoms with Crippen molar-refractivity contribution in [3.05, 3.63) is 35.2 Å². The normalized spacial score (nSPS) is 16.2. The third-order valence-corrected chi connectivity index (χ3v) is 9.45. The van der Waals surface area contributed by atoms with Crippen LogP contribution in [0.2, 0.25) is 0 Å². The van der Waals surface area contributed by atoms with Crippen molar-refractivity contribution in [3.63, 3.8) is 0 Å². The SMILES string of the molecule is COc1ccc(C)c2sc(NC(=O)C3CCN(S(=O)(=O)c4cccs4)CC3)nc12. The summed E-state index contributed by atoms with van der Waals surface area (Å²) in [6, 6.07) is 7.18. The van der Waals surface area contributed by atoms with Crippen LogP contribution in [0.15, 0.2) is 33.9 Å². The van der Waals surface area contributed by atoms with Gasteiger partial charge < -0.3 is 10.1 Å². The van der Waals surface area contributed by atoms with E-state index in [9.17, 15) is 13.2 Å². The average molecular weight is 452 g/mol. The Balaban J connectivity index is 1.43. The largest absolute Gasteiger partial charge is 0.494 e. The van der Waals surface area contributed by atoms with Gasteiger partial charge in [-0.15, -0.1) is 11.3 Å². The van der Waals surface area contributed by atoms with Gasteiger partial charge in [0.25, 0.3) is 10.0 Å². The lowest BCUT2D eigenvalue weighted by atomic mass is 9.97. The number of fused-ring (bicyclic) bond motifs is 1. The van der Waals surface area contributed by atoms with E-state index in [1.807, 2.05) is 19.1 Å². The molecule has 0 radical (unpaired) electrons. The number of benzene rings is 1. The highest BCUT2D eigenvalue weighted by Crippen LogP contribution is 2.35. The molecule has 154 valence electrons. The number of nitrogens with zero attached hydrogens (tertiary/aromatic N) is 2. The van der Waals surface area contributed by atoms with E-state index in [1.54, 1.807) is 24.6 Å². The molecule has 1 aromatic carbocycles. The summed E-state index contributed by atoms with van der Waals surface area (Å²) in [4.78, 5) is 17.3. The van der Waals surface area contributed by atoms with Crippen LogP contribution in [0.1, 0.15) is 18.4 Å². The van der Waals surface area contributed by atoms with Gasteiger partial charge in [-0.1, -0.05) is 23.5 Å². The second-order valence-corrected chi connectivity index (χ2v) is 11.0. The Bertz CT molecular complexity index is 1130. The van der Waals surface area contributed by atoms with Gasteiger partial charge in [0.05, 0.1) is 11.8 Å². The fraction of sp³-hybridized carbons (Fsp3) is 0.368. The van der Waals surface area contributed by atoms with Gasteiger partial charge in [-0.3, -0.25) is 4.79 Å². The highest BCUT2D eigenvalue weighted by atomic mass is 32.2. The quantitative estimate of drug-likeness (QED) is 0.639. The number of methoxy groups -OCH3 is 1. The van der Waals surface area contributed by atoms with Crippen LogP contribution < -0.4 is 10.1 Å². The van der Waals surface area contributed by atoms with Crippen molar-refractivity contribution >= 4 is 54.0 Å². The number of anilines is 1. The lowest BCUT2D eigenvalue weighted by Gasteiger charge is -2.29. The van der Waals surface area contributed by atoms with Crippen LogP contribution in [-0.2, 0) is 14.8 Å². The summed E-state index contributed by atoms with van der Waals surface area (Å²) < 4.78 is 33.4. The first kappa shape index (κ1) is 20.3. The zero-order valence-corrected chi connectivity index (χ0v) is 18.5. The van der Waals surface area contributed by atoms with E-state index >= 15 is 0 Å². The van der Waals surface area contributed by atoms with Crippen LogP contribution >= 0.6 is 22.7 Å². The van der Waals surface area contributed by atoms with E-state index in [-0.39, 0.29) is 11.8 Å². The molecule has 3 heterocycles. The molecule has 10 heteroatoms. The first-order chi connectivity index (χ1) is 13.9. The molecule has 1 aliphatic heterocycles. The van der Waals surface area contributed by atoms with Gasteiger partial charge in [0.1, 0.15) is 15.5 Å². The number of carbonyl (C=O) groups is 1. The van der Waals surface area contributed by atoms with Crippen LogP contribution in [0, 0.1) is 12.8 Å². The van der Waals surface area contributed by atoms with Gasteiger partial charge in [0, 0.05) is 19.0 Å². The molecule has 0 saturated carbocycles. The molecule has 1 fully saturated rings. The Kier molecular flexibility index (Phi) is 5.60. The maximum absolute atomic E-state index is 12.7. The molecule has 3 aromatic rings. The van der Waals surface area contributed by atoms with Gasteiger partial charge in [0.2, 0.25) is 5.91 Å². The molecule has 29 heavy (non-hydrogen) atoms. The minimum absolute atomic E-state index is 0.117. The number of aromatic nitrogens is 1. The van der Waals surface area contributed by atoms with Crippen molar-refractivity contribution in [3.8, 4) is 5.75 Å². The number of hydrogen-bond donors (Lipinski definition) is 1. The number of thiazole rings is 1. The molecule has 1 aliphatic rings. The monoisotopic (exact) mass is 451 g/mol. The van der Waals surface area contributed by atoms with Crippen LogP contribution in [0.4, 0.5) is 5.13 Å². The number of nitrogens with one attached hydrogen (secondary N) is 1. The van der Waals surface area contributed by atoms with E-state index in [4.69, 9.17) is 4.74 Å². The summed E-state index contributed by atoms with van der Waals surface area (Å²) in [5.74, 6) is 0.322. The Morgan fingerprint density at radius 1 is 1.28 bits per heavy atom. The molecule has 7 nitrogen and oxygen atoms in total. The zero-order chi connectivity index (χ0) is 20.6. The van der Waals surface area contributed by atoms with Crippen LogP contribution in [0.25, 0.3) is 10.2 Å². The first-order valence-electron chi connectivity index (χ1n) is 9.19. The summed E-state index contributed by atoms with van der Waals surface area (Å²) in [6.07, 6.45) is 0.980. The Morgan fingerprint density at radius 2 is 2.03 bits per heavy atom. The highest BCUT2D eigenvalue weighted by Gasteiger charge is 2.32. The van der Waals surface area contributed by atoms with Gasteiger partial charge in [-0.05, 0) is 42.8 Å². The second kappa shape index (κ2) is 8.02. The Labute approximate surface area is 177 Å². The van der Waals surface area contributed by atoms with Gasteiger partial charge in [-0.25, -0.2) is 13.4 Å². The number of sulfonamides is 1. The Morgan fingerprint density at radius 3 is 2.69 bits per heavy atom. The summed E-state index contributed by atoms with van der Waals surface area (Å²) >= 11 is 2.63. The van der Waals surface area contributed by atoms with Crippen molar-refractivity contribution in [2.75, 3.05) is 25.5 Å². The maximum atomic E-state index is 12.7. The fourth-order valence-electron chi connectivity index (χ4n) is 3.43. The number of thiophene rings is 1. The van der Waals surface area contributed by atoms with Crippen molar-refractivity contribution in [2.24, 2.45) is 5.92 Å². The van der Waals surface area contributed by atoms with Crippen LogP contribution in [0.3, 0.4) is 0 Å². The van der Waals surface area contributed by atoms with Crippen molar-refractivity contribution in [2.45, 2.75) is 24.0 Å². The lowest BCUT2D eigenvalue weighted by molar-refractivity contribution is -0.120. The van der Waals surface area contributed by atoms with E-state index in [2.05, 4.69) is 10.3 Å². The predicted octanol–water partition coefficient (Wildman–Crippen LogP) is 3.71. The lowest BCUT2D eigenvalue weighted by Crippen LogP contribution is -2.41. The molecule has 0 atom stereocenters. The number of rotatable bonds is 5. The highest BCUT2D eigenvalue weighted by molar-refractivity contribution is 7.91. The Hall–Kier alpha value is -2.01. The van der Waals surface area contributed by atoms with Crippen molar-refractivity contribution in [1.82, 2.24) is 9.29 Å². The molecule has 0 unspecified atom stereocenters. The molecule has 1 amide bonds. The number of amides is 1. The molecule has 0 bridgehead atoms. The molecule has 1 N–H and O–H groups in total. The third-order valence-electron chi connectivity index (χ3n) is 5.07. The van der Waals surface area contributed by atoms with Gasteiger partial charge >= 0.3 is 0 Å². The molecule has 4 rings (SSSR count). The number of hydrogen-bond acceptors (Lipinski definition) is 7. The van der Waals surface area contributed by atoms with Crippen LogP contribution in [0.5, 0.6) is 5.75 Å². The molecule has 2 aromatic heterocycles. The summed E-state index contributed by atoms with van der Waals surface area (Å²) in [7, 11) is -1.86.